The van der Waals surface area contributed by atoms with Crippen LogP contribution in [0.2, 0.25) is 0 Å². The molecule has 1 aliphatic heterocycles. The molecule has 3 nitrogen and oxygen atoms in total. The van der Waals surface area contributed by atoms with Crippen molar-refractivity contribution in [2.24, 2.45) is 5.92 Å². The topological polar surface area (TPSA) is 41.1 Å². The van der Waals surface area contributed by atoms with Crippen LogP contribution in [0.15, 0.2) is 18.2 Å². The Balaban J connectivity index is 1.90. The van der Waals surface area contributed by atoms with Gasteiger partial charge in [0, 0.05) is 12.1 Å². The van der Waals surface area contributed by atoms with Gasteiger partial charge in [-0.1, -0.05) is 17.7 Å². The first-order valence-corrected chi connectivity index (χ1v) is 6.73. The Morgan fingerprint density at radius 3 is 2.94 bits per heavy atom. The van der Waals surface area contributed by atoms with Gasteiger partial charge in [0.1, 0.15) is 0 Å². The van der Waals surface area contributed by atoms with Crippen LogP contribution in [0.25, 0.3) is 0 Å². The summed E-state index contributed by atoms with van der Waals surface area (Å²) in [6, 6.07) is 6.12. The Labute approximate surface area is 109 Å². The lowest BCUT2D eigenvalue weighted by molar-refractivity contribution is -0.117. The maximum atomic E-state index is 12.0. The molecule has 2 N–H and O–H groups in total. The number of carbonyl (C=O) groups excluding carboxylic acids is 1. The highest BCUT2D eigenvalue weighted by Gasteiger charge is 2.16. The number of benzene rings is 1. The highest BCUT2D eigenvalue weighted by Crippen LogP contribution is 2.18. The lowest BCUT2D eigenvalue weighted by atomic mass is 9.96. The van der Waals surface area contributed by atoms with Gasteiger partial charge in [0.25, 0.3) is 0 Å². The average molecular weight is 246 g/mol. The summed E-state index contributed by atoms with van der Waals surface area (Å²) in [7, 11) is 0. The standard InChI is InChI=1S/C15H22N2O/c1-11-5-6-14(12(2)8-11)17-15(18)9-13-4-3-7-16-10-13/h5-6,8,13,16H,3-4,7,9-10H2,1-2H3,(H,17,18). The van der Waals surface area contributed by atoms with E-state index in [0.717, 1.165) is 30.8 Å². The van der Waals surface area contributed by atoms with Crippen molar-refractivity contribution >= 4 is 11.6 Å². The second-order valence-electron chi connectivity index (χ2n) is 5.28. The first kappa shape index (κ1) is 13.1. The van der Waals surface area contributed by atoms with E-state index in [1.54, 1.807) is 0 Å². The molecule has 0 radical (unpaired) electrons. The number of hydrogen-bond donors (Lipinski definition) is 2. The number of anilines is 1. The van der Waals surface area contributed by atoms with Crippen LogP contribution < -0.4 is 10.6 Å². The summed E-state index contributed by atoms with van der Waals surface area (Å²) in [5.74, 6) is 0.625. The van der Waals surface area contributed by atoms with Crippen LogP contribution in [-0.2, 0) is 4.79 Å². The molecule has 0 bridgehead atoms. The van der Waals surface area contributed by atoms with Gasteiger partial charge in [0.2, 0.25) is 5.91 Å². The zero-order valence-electron chi connectivity index (χ0n) is 11.3. The molecule has 1 aromatic carbocycles. The lowest BCUT2D eigenvalue weighted by Crippen LogP contribution is -2.32. The summed E-state index contributed by atoms with van der Waals surface area (Å²) in [5.41, 5.74) is 3.29. The number of hydrogen-bond acceptors (Lipinski definition) is 2. The summed E-state index contributed by atoms with van der Waals surface area (Å²) >= 11 is 0. The van der Waals surface area contributed by atoms with Crippen LogP contribution in [0.1, 0.15) is 30.4 Å². The van der Waals surface area contributed by atoms with Crippen LogP contribution in [0.3, 0.4) is 0 Å². The molecule has 0 aromatic heterocycles. The highest BCUT2D eigenvalue weighted by atomic mass is 16.1. The normalized spacial score (nSPS) is 19.6. The Morgan fingerprint density at radius 2 is 2.28 bits per heavy atom. The third kappa shape index (κ3) is 3.57. The van der Waals surface area contributed by atoms with E-state index in [1.807, 2.05) is 19.1 Å². The fourth-order valence-corrected chi connectivity index (χ4v) is 2.52. The van der Waals surface area contributed by atoms with Gasteiger partial charge in [-0.3, -0.25) is 4.79 Å². The van der Waals surface area contributed by atoms with E-state index < -0.39 is 0 Å². The van der Waals surface area contributed by atoms with Gasteiger partial charge in [0.05, 0.1) is 0 Å². The lowest BCUT2D eigenvalue weighted by Gasteiger charge is -2.22. The Morgan fingerprint density at radius 1 is 1.44 bits per heavy atom. The van der Waals surface area contributed by atoms with Gasteiger partial charge in [-0.25, -0.2) is 0 Å². The minimum absolute atomic E-state index is 0.135. The second kappa shape index (κ2) is 6.01. The van der Waals surface area contributed by atoms with E-state index in [2.05, 4.69) is 23.6 Å². The fraction of sp³-hybridized carbons (Fsp3) is 0.533. The molecule has 1 saturated heterocycles. The Bertz CT molecular complexity index is 423. The SMILES string of the molecule is Cc1ccc(NC(=O)CC2CCCNC2)c(C)c1. The summed E-state index contributed by atoms with van der Waals surface area (Å²) in [5, 5.41) is 6.36. The smallest absolute Gasteiger partial charge is 0.224 e. The molecular formula is C15H22N2O. The molecule has 1 fully saturated rings. The molecule has 1 heterocycles. The molecule has 1 aromatic rings. The van der Waals surface area contributed by atoms with Crippen molar-refractivity contribution in [3.63, 3.8) is 0 Å². The third-order valence-electron chi connectivity index (χ3n) is 3.53. The molecule has 0 aliphatic carbocycles. The van der Waals surface area contributed by atoms with Crippen molar-refractivity contribution in [2.45, 2.75) is 33.1 Å². The average Bonchev–Trinajstić information content (AvgIpc) is 2.34. The number of aryl methyl sites for hydroxylation is 2. The van der Waals surface area contributed by atoms with Gasteiger partial charge in [0.15, 0.2) is 0 Å². The summed E-state index contributed by atoms with van der Waals surface area (Å²) < 4.78 is 0. The van der Waals surface area contributed by atoms with Gasteiger partial charge >= 0.3 is 0 Å². The van der Waals surface area contributed by atoms with Gasteiger partial charge in [-0.05, 0) is 57.3 Å². The van der Waals surface area contributed by atoms with Crippen molar-refractivity contribution in [3.8, 4) is 0 Å². The van der Waals surface area contributed by atoms with Crippen molar-refractivity contribution in [3.05, 3.63) is 29.3 Å². The zero-order chi connectivity index (χ0) is 13.0. The van der Waals surface area contributed by atoms with Crippen molar-refractivity contribution in [2.75, 3.05) is 18.4 Å². The number of carbonyl (C=O) groups is 1. The zero-order valence-corrected chi connectivity index (χ0v) is 11.3. The van der Waals surface area contributed by atoms with E-state index in [0.29, 0.717) is 12.3 Å². The van der Waals surface area contributed by atoms with Crippen LogP contribution in [0.5, 0.6) is 0 Å². The number of rotatable bonds is 3. The monoisotopic (exact) mass is 246 g/mol. The van der Waals surface area contributed by atoms with E-state index in [4.69, 9.17) is 0 Å². The molecule has 1 unspecified atom stereocenters. The van der Waals surface area contributed by atoms with Gasteiger partial charge < -0.3 is 10.6 Å². The van der Waals surface area contributed by atoms with E-state index in [1.165, 1.54) is 12.0 Å². The van der Waals surface area contributed by atoms with Crippen molar-refractivity contribution in [1.29, 1.82) is 0 Å². The van der Waals surface area contributed by atoms with Crippen LogP contribution in [0.4, 0.5) is 5.69 Å². The first-order valence-electron chi connectivity index (χ1n) is 6.73. The summed E-state index contributed by atoms with van der Waals surface area (Å²) in [6.45, 7) is 6.16. The highest BCUT2D eigenvalue weighted by molar-refractivity contribution is 5.91. The van der Waals surface area contributed by atoms with Crippen LogP contribution in [-0.4, -0.2) is 19.0 Å². The molecule has 0 spiro atoms. The van der Waals surface area contributed by atoms with E-state index >= 15 is 0 Å². The van der Waals surface area contributed by atoms with Gasteiger partial charge in [-0.2, -0.15) is 0 Å². The molecular weight excluding hydrogens is 224 g/mol. The van der Waals surface area contributed by atoms with Crippen LogP contribution >= 0.6 is 0 Å². The Kier molecular flexibility index (Phi) is 4.37. The second-order valence-corrected chi connectivity index (χ2v) is 5.28. The number of piperidine rings is 1. The van der Waals surface area contributed by atoms with E-state index in [9.17, 15) is 4.79 Å². The summed E-state index contributed by atoms with van der Waals surface area (Å²) in [4.78, 5) is 12.0. The Hall–Kier alpha value is -1.35. The maximum Gasteiger partial charge on any atom is 0.224 e. The molecule has 18 heavy (non-hydrogen) atoms. The predicted molar refractivity (Wildman–Crippen MR) is 74.8 cm³/mol. The number of amides is 1. The minimum atomic E-state index is 0.135. The molecule has 2 rings (SSSR count). The fourth-order valence-electron chi connectivity index (χ4n) is 2.52. The third-order valence-corrected chi connectivity index (χ3v) is 3.53. The predicted octanol–water partition coefficient (Wildman–Crippen LogP) is 2.63. The molecule has 0 saturated carbocycles. The van der Waals surface area contributed by atoms with Crippen LogP contribution in [0, 0.1) is 19.8 Å². The molecule has 98 valence electrons. The van der Waals surface area contributed by atoms with Crippen molar-refractivity contribution in [1.82, 2.24) is 5.32 Å². The minimum Gasteiger partial charge on any atom is -0.326 e. The van der Waals surface area contributed by atoms with Crippen molar-refractivity contribution < 1.29 is 4.79 Å². The summed E-state index contributed by atoms with van der Waals surface area (Å²) in [6.07, 6.45) is 2.97. The molecule has 1 atom stereocenters. The molecule has 3 heteroatoms. The first-order chi connectivity index (χ1) is 8.65. The quantitative estimate of drug-likeness (QED) is 0.861. The number of nitrogens with one attached hydrogen (secondary N) is 2. The van der Waals surface area contributed by atoms with Gasteiger partial charge in [-0.15, -0.1) is 0 Å². The largest absolute Gasteiger partial charge is 0.326 e. The molecule has 1 amide bonds. The van der Waals surface area contributed by atoms with E-state index in [-0.39, 0.29) is 5.91 Å². The maximum absolute atomic E-state index is 12.0. The molecule has 1 aliphatic rings.